The highest BCUT2D eigenvalue weighted by atomic mass is 16.3. The monoisotopic (exact) mass is 460 g/mol. The number of aliphatic hydroxyl groups is 1. The lowest BCUT2D eigenvalue weighted by atomic mass is 9.71. The SMILES string of the molecule is O=C1/C(=C/CCCN2CCN(CCO)CC2)C(=O)C(c2ccccc2)CC1Cc1ccccc1. The highest BCUT2D eigenvalue weighted by Gasteiger charge is 2.39. The minimum absolute atomic E-state index is 0.0126. The Balaban J connectivity index is 1.41. The summed E-state index contributed by atoms with van der Waals surface area (Å²) in [4.78, 5) is 31.5. The summed E-state index contributed by atoms with van der Waals surface area (Å²) in [7, 11) is 0. The summed E-state index contributed by atoms with van der Waals surface area (Å²) in [5.41, 5.74) is 2.56. The smallest absolute Gasteiger partial charge is 0.173 e. The molecule has 1 aliphatic carbocycles. The normalized spacial score (nSPS) is 23.5. The zero-order valence-corrected chi connectivity index (χ0v) is 19.9. The van der Waals surface area contributed by atoms with E-state index in [1.807, 2.05) is 54.6 Å². The molecule has 2 unspecified atom stereocenters. The Morgan fingerprint density at radius 2 is 1.44 bits per heavy atom. The van der Waals surface area contributed by atoms with Crippen LogP contribution in [0.2, 0.25) is 0 Å². The van der Waals surface area contributed by atoms with Crippen molar-refractivity contribution in [2.24, 2.45) is 5.92 Å². The fourth-order valence-corrected chi connectivity index (χ4v) is 5.22. The number of benzene rings is 2. The van der Waals surface area contributed by atoms with Gasteiger partial charge in [0.25, 0.3) is 0 Å². The van der Waals surface area contributed by atoms with Crippen molar-refractivity contribution in [1.82, 2.24) is 9.80 Å². The number of carbonyl (C=O) groups is 2. The fraction of sp³-hybridized carbons (Fsp3) is 0.448. The highest BCUT2D eigenvalue weighted by Crippen LogP contribution is 2.36. The second kappa shape index (κ2) is 12.2. The van der Waals surface area contributed by atoms with Crippen molar-refractivity contribution in [3.8, 4) is 0 Å². The molecule has 1 N–H and O–H groups in total. The lowest BCUT2D eigenvalue weighted by Gasteiger charge is -2.34. The summed E-state index contributed by atoms with van der Waals surface area (Å²) in [6.07, 6.45) is 4.84. The van der Waals surface area contributed by atoms with Gasteiger partial charge in [-0.15, -0.1) is 0 Å². The van der Waals surface area contributed by atoms with E-state index in [0.717, 1.165) is 63.2 Å². The van der Waals surface area contributed by atoms with Crippen LogP contribution >= 0.6 is 0 Å². The molecule has 0 aromatic heterocycles. The number of hydrogen-bond acceptors (Lipinski definition) is 5. The Kier molecular flexibility index (Phi) is 8.80. The van der Waals surface area contributed by atoms with Crippen molar-refractivity contribution >= 4 is 11.6 Å². The first-order valence-corrected chi connectivity index (χ1v) is 12.6. The van der Waals surface area contributed by atoms with Crippen LogP contribution in [0, 0.1) is 5.92 Å². The first-order chi connectivity index (χ1) is 16.7. The van der Waals surface area contributed by atoms with Gasteiger partial charge >= 0.3 is 0 Å². The van der Waals surface area contributed by atoms with Gasteiger partial charge in [0, 0.05) is 44.6 Å². The topological polar surface area (TPSA) is 60.9 Å². The number of rotatable bonds is 9. The Morgan fingerprint density at radius 3 is 2.09 bits per heavy atom. The molecule has 2 atom stereocenters. The minimum Gasteiger partial charge on any atom is -0.395 e. The predicted octanol–water partition coefficient (Wildman–Crippen LogP) is 3.49. The number of unbranched alkanes of at least 4 members (excludes halogenated alkanes) is 1. The maximum absolute atomic E-state index is 13.4. The molecule has 4 rings (SSSR count). The number of aliphatic hydroxyl groups excluding tert-OH is 1. The Bertz CT molecular complexity index is 965. The summed E-state index contributed by atoms with van der Waals surface area (Å²) in [6.45, 7) is 5.90. The number of allylic oxidation sites excluding steroid dienone is 2. The lowest BCUT2D eigenvalue weighted by Crippen LogP contribution is -2.47. The van der Waals surface area contributed by atoms with E-state index in [-0.39, 0.29) is 30.0 Å². The summed E-state index contributed by atoms with van der Waals surface area (Å²) in [6, 6.07) is 20.0. The van der Waals surface area contributed by atoms with E-state index in [9.17, 15) is 9.59 Å². The molecule has 1 saturated carbocycles. The maximum Gasteiger partial charge on any atom is 0.173 e. The molecule has 1 saturated heterocycles. The van der Waals surface area contributed by atoms with Crippen LogP contribution in [-0.4, -0.2) is 72.3 Å². The van der Waals surface area contributed by atoms with E-state index in [1.165, 1.54) is 0 Å². The predicted molar refractivity (Wildman–Crippen MR) is 135 cm³/mol. The largest absolute Gasteiger partial charge is 0.395 e. The second-order valence-corrected chi connectivity index (χ2v) is 9.48. The van der Waals surface area contributed by atoms with Gasteiger partial charge in [0.1, 0.15) is 0 Å². The van der Waals surface area contributed by atoms with Gasteiger partial charge in [-0.2, -0.15) is 0 Å². The zero-order valence-electron chi connectivity index (χ0n) is 19.9. The summed E-state index contributed by atoms with van der Waals surface area (Å²) >= 11 is 0. The summed E-state index contributed by atoms with van der Waals surface area (Å²) in [5, 5.41) is 9.10. The van der Waals surface area contributed by atoms with Crippen LogP contribution in [0.4, 0.5) is 0 Å². The van der Waals surface area contributed by atoms with E-state index >= 15 is 0 Å². The second-order valence-electron chi connectivity index (χ2n) is 9.48. The van der Waals surface area contributed by atoms with Gasteiger partial charge in [0.05, 0.1) is 12.2 Å². The van der Waals surface area contributed by atoms with Crippen molar-refractivity contribution in [3.63, 3.8) is 0 Å². The Labute approximate surface area is 203 Å². The molecule has 2 aliphatic rings. The van der Waals surface area contributed by atoms with Crippen molar-refractivity contribution in [2.45, 2.75) is 31.6 Å². The van der Waals surface area contributed by atoms with Gasteiger partial charge in [-0.25, -0.2) is 0 Å². The molecule has 180 valence electrons. The van der Waals surface area contributed by atoms with Crippen LogP contribution in [0.25, 0.3) is 0 Å². The molecule has 5 heteroatoms. The number of β-amino-alcohol motifs (C(OH)–C–C–N with tert-alkyl or cyclic N) is 1. The van der Waals surface area contributed by atoms with Crippen LogP contribution < -0.4 is 0 Å². The fourth-order valence-electron chi connectivity index (χ4n) is 5.22. The molecule has 2 aromatic carbocycles. The van der Waals surface area contributed by atoms with Crippen molar-refractivity contribution < 1.29 is 14.7 Å². The molecule has 0 bridgehead atoms. The number of piperazine rings is 1. The van der Waals surface area contributed by atoms with Gasteiger partial charge in [-0.05, 0) is 43.4 Å². The third-order valence-electron chi connectivity index (χ3n) is 7.17. The van der Waals surface area contributed by atoms with E-state index in [0.29, 0.717) is 18.4 Å². The maximum atomic E-state index is 13.4. The number of hydrogen-bond donors (Lipinski definition) is 1. The molecule has 2 fully saturated rings. The minimum atomic E-state index is -0.251. The first kappa shape index (κ1) is 24.5. The molecular formula is C29H36N2O3. The molecule has 1 aliphatic heterocycles. The van der Waals surface area contributed by atoms with Gasteiger partial charge in [-0.1, -0.05) is 66.7 Å². The average Bonchev–Trinajstić information content (AvgIpc) is 2.87. The quantitative estimate of drug-likeness (QED) is 0.353. The molecule has 5 nitrogen and oxygen atoms in total. The Hall–Kier alpha value is -2.60. The van der Waals surface area contributed by atoms with Gasteiger partial charge < -0.3 is 10.0 Å². The van der Waals surface area contributed by atoms with Crippen molar-refractivity contribution in [3.05, 3.63) is 83.4 Å². The average molecular weight is 461 g/mol. The molecule has 1 heterocycles. The third kappa shape index (κ3) is 6.29. The van der Waals surface area contributed by atoms with Crippen LogP contribution in [-0.2, 0) is 16.0 Å². The molecule has 0 spiro atoms. The standard InChI is InChI=1S/C29H36N2O3/c32-20-19-31-17-15-30(16-18-31)14-8-7-13-26-28(33)25(21-23-9-3-1-4-10-23)22-27(29(26)34)24-11-5-2-6-12-24/h1-6,9-13,25,27,32H,7-8,14-22H2/b26-13-. The Morgan fingerprint density at radius 1 is 0.824 bits per heavy atom. The zero-order chi connectivity index (χ0) is 23.8. The van der Waals surface area contributed by atoms with Crippen molar-refractivity contribution in [1.29, 1.82) is 0 Å². The van der Waals surface area contributed by atoms with E-state index in [1.54, 1.807) is 0 Å². The first-order valence-electron chi connectivity index (χ1n) is 12.6. The van der Waals surface area contributed by atoms with Crippen LogP contribution in [0.5, 0.6) is 0 Å². The van der Waals surface area contributed by atoms with E-state index in [4.69, 9.17) is 5.11 Å². The van der Waals surface area contributed by atoms with Crippen LogP contribution in [0.1, 0.15) is 36.3 Å². The summed E-state index contributed by atoms with van der Waals surface area (Å²) < 4.78 is 0. The third-order valence-corrected chi connectivity index (χ3v) is 7.17. The van der Waals surface area contributed by atoms with Gasteiger partial charge in [0.15, 0.2) is 11.6 Å². The van der Waals surface area contributed by atoms with Crippen molar-refractivity contribution in [2.75, 3.05) is 45.9 Å². The van der Waals surface area contributed by atoms with Crippen LogP contribution in [0.3, 0.4) is 0 Å². The number of carbonyl (C=O) groups excluding carboxylic acids is 2. The van der Waals surface area contributed by atoms with Gasteiger partial charge in [0.2, 0.25) is 0 Å². The van der Waals surface area contributed by atoms with Gasteiger partial charge in [-0.3, -0.25) is 14.5 Å². The number of ketones is 2. The lowest BCUT2D eigenvalue weighted by molar-refractivity contribution is -0.128. The number of nitrogens with zero attached hydrogens (tertiary/aromatic N) is 2. The number of Topliss-reactive ketones (excluding diaryl/α,β-unsaturated/α-hetero) is 2. The van der Waals surface area contributed by atoms with E-state index in [2.05, 4.69) is 21.9 Å². The molecule has 2 aromatic rings. The molecule has 34 heavy (non-hydrogen) atoms. The highest BCUT2D eigenvalue weighted by molar-refractivity contribution is 6.24. The van der Waals surface area contributed by atoms with Crippen LogP contribution in [0.15, 0.2) is 72.3 Å². The molecular weight excluding hydrogens is 424 g/mol. The summed E-state index contributed by atoms with van der Waals surface area (Å²) in [5.74, 6) is -0.425. The molecule has 0 amide bonds. The van der Waals surface area contributed by atoms with E-state index < -0.39 is 0 Å². The molecule has 0 radical (unpaired) electrons.